The van der Waals surface area contributed by atoms with Crippen LogP contribution in [0.15, 0.2) is 48.5 Å². The number of likely N-dealkylation sites (tertiary alicyclic amines) is 1. The Morgan fingerprint density at radius 1 is 1.22 bits per heavy atom. The predicted molar refractivity (Wildman–Crippen MR) is 107 cm³/mol. The third-order valence-corrected chi connectivity index (χ3v) is 6.02. The molecule has 0 unspecified atom stereocenters. The molecule has 0 saturated carbocycles. The van der Waals surface area contributed by atoms with Gasteiger partial charge in [0.1, 0.15) is 5.75 Å². The number of fused-ring (bicyclic) bond motifs is 1. The van der Waals surface area contributed by atoms with E-state index in [1.165, 1.54) is 11.1 Å². The molecule has 0 aliphatic carbocycles. The lowest BCUT2D eigenvalue weighted by atomic mass is 9.87. The van der Waals surface area contributed by atoms with E-state index in [9.17, 15) is 4.79 Å². The van der Waals surface area contributed by atoms with E-state index in [-0.39, 0.29) is 11.9 Å². The maximum atomic E-state index is 13.1. The van der Waals surface area contributed by atoms with Gasteiger partial charge in [-0.2, -0.15) is 0 Å². The van der Waals surface area contributed by atoms with Crippen molar-refractivity contribution in [3.8, 4) is 5.75 Å². The number of hydrogen-bond donors (Lipinski definition) is 1. The fourth-order valence-electron chi connectivity index (χ4n) is 4.57. The van der Waals surface area contributed by atoms with Gasteiger partial charge in [0, 0.05) is 24.5 Å². The Kier molecular flexibility index (Phi) is 5.17. The second kappa shape index (κ2) is 7.73. The summed E-state index contributed by atoms with van der Waals surface area (Å²) < 4.78 is 5.41. The van der Waals surface area contributed by atoms with Crippen LogP contribution < -0.4 is 10.1 Å². The van der Waals surface area contributed by atoms with Gasteiger partial charge in [-0.25, -0.2) is 0 Å². The third kappa shape index (κ3) is 3.72. The maximum absolute atomic E-state index is 13.1. The van der Waals surface area contributed by atoms with Crippen molar-refractivity contribution in [2.45, 2.75) is 44.2 Å². The number of nitrogens with zero attached hydrogens (tertiary/aromatic N) is 1. The second-order valence-electron chi connectivity index (χ2n) is 7.78. The molecule has 0 aromatic heterocycles. The molecule has 2 heterocycles. The average molecular weight is 364 g/mol. The summed E-state index contributed by atoms with van der Waals surface area (Å²) in [4.78, 5) is 15.3. The molecule has 4 heteroatoms. The van der Waals surface area contributed by atoms with Gasteiger partial charge < -0.3 is 15.0 Å². The first-order chi connectivity index (χ1) is 13.2. The Balaban J connectivity index is 1.55. The smallest absolute Gasteiger partial charge is 0.227 e. The lowest BCUT2D eigenvalue weighted by Crippen LogP contribution is -2.49. The average Bonchev–Trinajstić information content (AvgIpc) is 3.10. The topological polar surface area (TPSA) is 41.6 Å². The number of hydrogen-bond acceptors (Lipinski definition) is 3. The second-order valence-corrected chi connectivity index (χ2v) is 7.78. The number of amides is 1. The van der Waals surface area contributed by atoms with E-state index in [1.807, 2.05) is 12.1 Å². The highest BCUT2D eigenvalue weighted by Gasteiger charge is 2.45. The minimum absolute atomic E-state index is 0.239. The highest BCUT2D eigenvalue weighted by Crippen LogP contribution is 2.37. The number of rotatable bonds is 4. The number of nitrogens with one attached hydrogen (secondary N) is 1. The van der Waals surface area contributed by atoms with Crippen LogP contribution in [0.25, 0.3) is 0 Å². The van der Waals surface area contributed by atoms with E-state index in [0.29, 0.717) is 18.4 Å². The first-order valence-corrected chi connectivity index (χ1v) is 9.88. The van der Waals surface area contributed by atoms with Crippen LogP contribution in [-0.4, -0.2) is 43.1 Å². The van der Waals surface area contributed by atoms with Crippen molar-refractivity contribution in [2.75, 3.05) is 20.2 Å². The van der Waals surface area contributed by atoms with Gasteiger partial charge in [0.2, 0.25) is 5.91 Å². The van der Waals surface area contributed by atoms with Crippen LogP contribution in [-0.2, 0) is 11.2 Å². The molecule has 1 N–H and O–H groups in total. The minimum atomic E-state index is 0.239. The molecule has 142 valence electrons. The van der Waals surface area contributed by atoms with Crippen LogP contribution in [0.3, 0.4) is 0 Å². The predicted octanol–water partition coefficient (Wildman–Crippen LogP) is 3.29. The molecule has 4 rings (SSSR count). The molecular formula is C23H28N2O2. The number of ether oxygens (including phenoxy) is 1. The summed E-state index contributed by atoms with van der Waals surface area (Å²) in [6, 6.07) is 17.2. The lowest BCUT2D eigenvalue weighted by Gasteiger charge is -2.33. The van der Waals surface area contributed by atoms with E-state index in [1.54, 1.807) is 7.11 Å². The van der Waals surface area contributed by atoms with Crippen molar-refractivity contribution in [1.82, 2.24) is 10.2 Å². The van der Waals surface area contributed by atoms with E-state index in [4.69, 9.17) is 4.74 Å². The van der Waals surface area contributed by atoms with Gasteiger partial charge >= 0.3 is 0 Å². The molecule has 2 saturated heterocycles. The number of benzene rings is 2. The van der Waals surface area contributed by atoms with E-state index >= 15 is 0 Å². The molecular weight excluding hydrogens is 336 g/mol. The number of piperidine rings is 1. The Labute approximate surface area is 161 Å². The van der Waals surface area contributed by atoms with Crippen molar-refractivity contribution >= 4 is 5.91 Å². The molecule has 2 aliphatic heterocycles. The molecule has 2 fully saturated rings. The molecule has 2 aromatic carbocycles. The number of methoxy groups -OCH3 is 1. The van der Waals surface area contributed by atoms with Crippen molar-refractivity contribution in [3.63, 3.8) is 0 Å². The summed E-state index contributed by atoms with van der Waals surface area (Å²) in [5.41, 5.74) is 3.57. The van der Waals surface area contributed by atoms with Crippen LogP contribution in [0.5, 0.6) is 5.75 Å². The van der Waals surface area contributed by atoms with Gasteiger partial charge in [-0.05, 0) is 49.6 Å². The van der Waals surface area contributed by atoms with Crippen molar-refractivity contribution in [1.29, 1.82) is 0 Å². The van der Waals surface area contributed by atoms with Crippen molar-refractivity contribution in [3.05, 3.63) is 65.2 Å². The largest absolute Gasteiger partial charge is 0.497 e. The van der Waals surface area contributed by atoms with Gasteiger partial charge in [0.15, 0.2) is 0 Å². The standard InChI is InChI=1S/C23H28N2O2/c1-16-8-10-17(11-9-16)13-22(26)25-15-20(23-21(25)7-4-12-24-23)18-5-3-6-19(14-18)27-2/h3,5-6,8-11,14,20-21,23-24H,4,7,12-13,15H2,1-2H3/t20-,21-,23-/m1/s1. The first-order valence-electron chi connectivity index (χ1n) is 9.88. The molecule has 0 bridgehead atoms. The minimum Gasteiger partial charge on any atom is -0.497 e. The van der Waals surface area contributed by atoms with Gasteiger partial charge in [0.05, 0.1) is 13.5 Å². The molecule has 0 spiro atoms. The van der Waals surface area contributed by atoms with Gasteiger partial charge in [0.25, 0.3) is 0 Å². The molecule has 2 aromatic rings. The first kappa shape index (κ1) is 18.1. The summed E-state index contributed by atoms with van der Waals surface area (Å²) in [6.07, 6.45) is 2.69. The van der Waals surface area contributed by atoms with E-state index in [0.717, 1.165) is 37.2 Å². The zero-order chi connectivity index (χ0) is 18.8. The third-order valence-electron chi connectivity index (χ3n) is 6.02. The molecule has 3 atom stereocenters. The van der Waals surface area contributed by atoms with Crippen LogP contribution in [0, 0.1) is 6.92 Å². The van der Waals surface area contributed by atoms with Gasteiger partial charge in [-0.15, -0.1) is 0 Å². The molecule has 1 amide bonds. The highest BCUT2D eigenvalue weighted by molar-refractivity contribution is 5.80. The fourth-order valence-corrected chi connectivity index (χ4v) is 4.57. The van der Waals surface area contributed by atoms with Crippen molar-refractivity contribution < 1.29 is 9.53 Å². The van der Waals surface area contributed by atoms with Crippen LogP contribution in [0.2, 0.25) is 0 Å². The molecule has 27 heavy (non-hydrogen) atoms. The normalized spacial score (nSPS) is 24.5. The number of aryl methyl sites for hydroxylation is 1. The monoisotopic (exact) mass is 364 g/mol. The quantitative estimate of drug-likeness (QED) is 0.905. The Morgan fingerprint density at radius 2 is 2.04 bits per heavy atom. The van der Waals surface area contributed by atoms with Gasteiger partial charge in [-0.1, -0.05) is 42.0 Å². The zero-order valence-electron chi connectivity index (χ0n) is 16.2. The summed E-state index contributed by atoms with van der Waals surface area (Å²) in [7, 11) is 1.70. The van der Waals surface area contributed by atoms with Gasteiger partial charge in [-0.3, -0.25) is 4.79 Å². The Bertz CT molecular complexity index is 802. The molecule has 2 aliphatic rings. The summed E-state index contributed by atoms with van der Waals surface area (Å²) in [5.74, 6) is 1.43. The SMILES string of the molecule is COc1cccc([C@H]2CN(C(=O)Cc3ccc(C)cc3)[C@@H]3CCCN[C@H]23)c1. The number of carbonyl (C=O) groups is 1. The summed E-state index contributed by atoms with van der Waals surface area (Å²) >= 11 is 0. The Morgan fingerprint density at radius 3 is 2.81 bits per heavy atom. The maximum Gasteiger partial charge on any atom is 0.227 e. The van der Waals surface area contributed by atoms with Crippen molar-refractivity contribution in [2.24, 2.45) is 0 Å². The highest BCUT2D eigenvalue weighted by atomic mass is 16.5. The molecule has 0 radical (unpaired) electrons. The van der Waals surface area contributed by atoms with Crippen LogP contribution in [0.1, 0.15) is 35.4 Å². The summed E-state index contributed by atoms with van der Waals surface area (Å²) in [6.45, 7) is 3.88. The molecule has 4 nitrogen and oxygen atoms in total. The summed E-state index contributed by atoms with van der Waals surface area (Å²) in [5, 5.41) is 3.69. The van der Waals surface area contributed by atoms with E-state index < -0.39 is 0 Å². The fraction of sp³-hybridized carbons (Fsp3) is 0.435. The lowest BCUT2D eigenvalue weighted by molar-refractivity contribution is -0.131. The Hall–Kier alpha value is -2.33. The van der Waals surface area contributed by atoms with Crippen LogP contribution >= 0.6 is 0 Å². The zero-order valence-corrected chi connectivity index (χ0v) is 16.2. The number of carbonyl (C=O) groups excluding carboxylic acids is 1. The van der Waals surface area contributed by atoms with Crippen LogP contribution in [0.4, 0.5) is 0 Å². The van der Waals surface area contributed by atoms with E-state index in [2.05, 4.69) is 53.5 Å².